The van der Waals surface area contributed by atoms with Gasteiger partial charge < -0.3 is 14.8 Å². The lowest BCUT2D eigenvalue weighted by Gasteiger charge is -2.20. The van der Waals surface area contributed by atoms with Gasteiger partial charge in [0.2, 0.25) is 5.91 Å². The summed E-state index contributed by atoms with van der Waals surface area (Å²) in [4.78, 5) is 31.9. The average Bonchev–Trinajstić information content (AvgIpc) is 2.95. The van der Waals surface area contributed by atoms with Gasteiger partial charge >= 0.3 is 0 Å². The first-order valence-corrected chi connectivity index (χ1v) is 14.3. The fourth-order valence-electron chi connectivity index (χ4n) is 4.70. The van der Waals surface area contributed by atoms with E-state index in [-0.39, 0.29) is 11.5 Å². The molecule has 0 bridgehead atoms. The molecule has 1 N–H and O–H groups in total. The number of methoxy groups -OCH3 is 2. The first-order chi connectivity index (χ1) is 18.5. The molecule has 1 heterocycles. The number of benzene rings is 2. The molecule has 0 aliphatic heterocycles. The zero-order valence-corrected chi connectivity index (χ0v) is 23.5. The minimum Gasteiger partial charge on any atom is -0.493 e. The zero-order valence-electron chi connectivity index (χ0n) is 22.7. The SMILES string of the molecule is CCc1ccc(NC(=O)[C@@H](CC)Sc2nc3cc(OC)c(OC)cc3c(=O)n2CCC2=CCCCC2)cc1. The first-order valence-electron chi connectivity index (χ1n) is 13.4. The van der Waals surface area contributed by atoms with Gasteiger partial charge in [-0.25, -0.2) is 4.98 Å². The molecule has 0 unspecified atom stereocenters. The van der Waals surface area contributed by atoms with Gasteiger partial charge in [0.15, 0.2) is 16.7 Å². The maximum Gasteiger partial charge on any atom is 0.262 e. The third kappa shape index (κ3) is 6.41. The van der Waals surface area contributed by atoms with Crippen molar-refractivity contribution in [1.82, 2.24) is 9.55 Å². The standard InChI is InChI=1S/C30H37N3O4S/c1-5-20-12-14-22(15-13-20)31-28(34)27(6-2)38-30-32-24-19-26(37-4)25(36-3)18-23(24)29(35)33(30)17-16-21-10-8-7-9-11-21/h10,12-15,18-19,27H,5-9,11,16-17H2,1-4H3,(H,31,34)/t27-/m1/s1. The van der Waals surface area contributed by atoms with E-state index in [1.54, 1.807) is 30.9 Å². The summed E-state index contributed by atoms with van der Waals surface area (Å²) >= 11 is 1.34. The zero-order chi connectivity index (χ0) is 27.1. The molecule has 0 saturated heterocycles. The fourth-order valence-corrected chi connectivity index (χ4v) is 5.74. The van der Waals surface area contributed by atoms with Crippen LogP contribution in [0.5, 0.6) is 11.5 Å². The lowest BCUT2D eigenvalue weighted by molar-refractivity contribution is -0.115. The van der Waals surface area contributed by atoms with E-state index >= 15 is 0 Å². The summed E-state index contributed by atoms with van der Waals surface area (Å²) in [5, 5.41) is 3.63. The Morgan fingerprint density at radius 1 is 1.11 bits per heavy atom. The summed E-state index contributed by atoms with van der Waals surface area (Å²) in [5.41, 5.74) is 3.74. The number of hydrogen-bond donors (Lipinski definition) is 1. The fraction of sp³-hybridized carbons (Fsp3) is 0.433. The third-order valence-electron chi connectivity index (χ3n) is 7.01. The number of hydrogen-bond acceptors (Lipinski definition) is 6. The summed E-state index contributed by atoms with van der Waals surface area (Å²) < 4.78 is 12.6. The molecule has 0 saturated carbocycles. The molecule has 4 rings (SSSR count). The molecule has 1 amide bonds. The summed E-state index contributed by atoms with van der Waals surface area (Å²) in [6.07, 6.45) is 9.20. The number of aromatic nitrogens is 2. The molecule has 0 spiro atoms. The minimum atomic E-state index is -0.412. The van der Waals surface area contributed by atoms with E-state index in [1.165, 1.54) is 35.7 Å². The molecule has 202 valence electrons. The largest absolute Gasteiger partial charge is 0.493 e. The van der Waals surface area contributed by atoms with Crippen LogP contribution in [0.15, 0.2) is 58.0 Å². The Kier molecular flexibility index (Phi) is 9.50. The maximum atomic E-state index is 13.8. The van der Waals surface area contributed by atoms with Crippen molar-refractivity contribution in [3.63, 3.8) is 0 Å². The Bertz CT molecular complexity index is 1360. The number of anilines is 1. The number of nitrogens with one attached hydrogen (secondary N) is 1. The Balaban J connectivity index is 1.68. The van der Waals surface area contributed by atoms with Crippen LogP contribution < -0.4 is 20.3 Å². The summed E-state index contributed by atoms with van der Waals surface area (Å²) in [6, 6.07) is 11.3. The third-order valence-corrected chi connectivity index (χ3v) is 8.36. The quantitative estimate of drug-likeness (QED) is 0.174. The van der Waals surface area contributed by atoms with Crippen molar-refractivity contribution in [1.29, 1.82) is 0 Å². The number of allylic oxidation sites excluding steroid dienone is 2. The van der Waals surface area contributed by atoms with Gasteiger partial charge in [-0.2, -0.15) is 0 Å². The van der Waals surface area contributed by atoms with Crippen molar-refractivity contribution < 1.29 is 14.3 Å². The molecule has 38 heavy (non-hydrogen) atoms. The Hall–Kier alpha value is -3.26. The maximum absolute atomic E-state index is 13.8. The van der Waals surface area contributed by atoms with E-state index in [9.17, 15) is 9.59 Å². The molecule has 0 radical (unpaired) electrons. The lowest BCUT2D eigenvalue weighted by Crippen LogP contribution is -2.28. The number of carbonyl (C=O) groups excluding carboxylic acids is 1. The van der Waals surface area contributed by atoms with Crippen LogP contribution in [-0.2, 0) is 17.8 Å². The smallest absolute Gasteiger partial charge is 0.262 e. The Morgan fingerprint density at radius 2 is 1.84 bits per heavy atom. The van der Waals surface area contributed by atoms with Crippen molar-refractivity contribution in [3.8, 4) is 11.5 Å². The molecule has 1 aliphatic rings. The van der Waals surface area contributed by atoms with Crippen LogP contribution in [0.1, 0.15) is 57.9 Å². The van der Waals surface area contributed by atoms with Gasteiger partial charge in [-0.15, -0.1) is 0 Å². The van der Waals surface area contributed by atoms with Crippen molar-refractivity contribution >= 4 is 34.3 Å². The van der Waals surface area contributed by atoms with Gasteiger partial charge in [0.05, 0.1) is 30.4 Å². The van der Waals surface area contributed by atoms with Crippen LogP contribution in [0.25, 0.3) is 10.9 Å². The predicted molar refractivity (Wildman–Crippen MR) is 155 cm³/mol. The van der Waals surface area contributed by atoms with Gasteiger partial charge in [0, 0.05) is 18.3 Å². The Labute approximate surface area is 228 Å². The van der Waals surface area contributed by atoms with E-state index in [4.69, 9.17) is 14.5 Å². The van der Waals surface area contributed by atoms with E-state index < -0.39 is 5.25 Å². The number of ether oxygens (including phenoxy) is 2. The highest BCUT2D eigenvalue weighted by atomic mass is 32.2. The number of thioether (sulfide) groups is 1. The molecular formula is C30H37N3O4S. The van der Waals surface area contributed by atoms with Crippen LogP contribution in [-0.4, -0.2) is 34.9 Å². The monoisotopic (exact) mass is 535 g/mol. The summed E-state index contributed by atoms with van der Waals surface area (Å²) in [5.74, 6) is 0.888. The van der Waals surface area contributed by atoms with E-state index in [1.807, 2.05) is 31.2 Å². The number of amides is 1. The summed E-state index contributed by atoms with van der Waals surface area (Å²) in [7, 11) is 3.11. The molecule has 1 atom stereocenters. The normalized spacial score (nSPS) is 14.2. The second kappa shape index (κ2) is 13.0. The average molecular weight is 536 g/mol. The van der Waals surface area contributed by atoms with Crippen LogP contribution in [0, 0.1) is 0 Å². The first kappa shape index (κ1) is 27.8. The number of nitrogens with zero attached hydrogens (tertiary/aromatic N) is 2. The van der Waals surface area contributed by atoms with Gasteiger partial charge in [-0.05, 0) is 68.7 Å². The number of fused-ring (bicyclic) bond motifs is 1. The number of aryl methyl sites for hydroxylation is 1. The molecular weight excluding hydrogens is 498 g/mol. The summed E-state index contributed by atoms with van der Waals surface area (Å²) in [6.45, 7) is 4.59. The molecule has 1 aliphatic carbocycles. The highest BCUT2D eigenvalue weighted by Crippen LogP contribution is 2.33. The van der Waals surface area contributed by atoms with Gasteiger partial charge in [-0.3, -0.25) is 14.2 Å². The second-order valence-electron chi connectivity index (χ2n) is 9.49. The van der Waals surface area contributed by atoms with Gasteiger partial charge in [0.25, 0.3) is 5.56 Å². The predicted octanol–water partition coefficient (Wildman–Crippen LogP) is 6.38. The highest BCUT2D eigenvalue weighted by molar-refractivity contribution is 8.00. The number of carbonyl (C=O) groups is 1. The minimum absolute atomic E-state index is 0.107. The van der Waals surface area contributed by atoms with Crippen molar-refractivity contribution in [2.75, 3.05) is 19.5 Å². The second-order valence-corrected chi connectivity index (χ2v) is 10.7. The Morgan fingerprint density at radius 3 is 2.47 bits per heavy atom. The van der Waals surface area contributed by atoms with Crippen LogP contribution >= 0.6 is 11.8 Å². The van der Waals surface area contributed by atoms with E-state index in [2.05, 4.69) is 18.3 Å². The van der Waals surface area contributed by atoms with Gasteiger partial charge in [-0.1, -0.05) is 49.4 Å². The van der Waals surface area contributed by atoms with E-state index in [0.717, 1.165) is 31.4 Å². The molecule has 1 aromatic heterocycles. The van der Waals surface area contributed by atoms with Crippen LogP contribution in [0.2, 0.25) is 0 Å². The van der Waals surface area contributed by atoms with Crippen LogP contribution in [0.3, 0.4) is 0 Å². The highest BCUT2D eigenvalue weighted by Gasteiger charge is 2.23. The van der Waals surface area contributed by atoms with Crippen LogP contribution in [0.4, 0.5) is 5.69 Å². The molecule has 8 heteroatoms. The van der Waals surface area contributed by atoms with Crippen molar-refractivity contribution in [2.24, 2.45) is 0 Å². The van der Waals surface area contributed by atoms with Gasteiger partial charge in [0.1, 0.15) is 0 Å². The molecule has 2 aromatic carbocycles. The number of rotatable bonds is 11. The molecule has 3 aromatic rings. The topological polar surface area (TPSA) is 82.5 Å². The molecule has 0 fully saturated rings. The molecule has 7 nitrogen and oxygen atoms in total. The van der Waals surface area contributed by atoms with E-state index in [0.29, 0.717) is 40.5 Å². The van der Waals surface area contributed by atoms with Crippen molar-refractivity contribution in [2.45, 2.75) is 75.7 Å². The van der Waals surface area contributed by atoms with Crippen molar-refractivity contribution in [3.05, 3.63) is 64.0 Å². The lowest BCUT2D eigenvalue weighted by atomic mass is 9.97.